The van der Waals surface area contributed by atoms with E-state index < -0.39 is 5.91 Å². The van der Waals surface area contributed by atoms with Crippen molar-refractivity contribution >= 4 is 45.8 Å². The van der Waals surface area contributed by atoms with E-state index in [1.165, 1.54) is 10.6 Å². The maximum absolute atomic E-state index is 12.7. The second-order valence-electron chi connectivity index (χ2n) is 6.31. The van der Waals surface area contributed by atoms with Gasteiger partial charge in [-0.2, -0.15) is 0 Å². The molecule has 8 nitrogen and oxygen atoms in total. The molecule has 9 heteroatoms. The highest BCUT2D eigenvalue weighted by atomic mass is 35.5. The van der Waals surface area contributed by atoms with Crippen LogP contribution in [0.15, 0.2) is 41.2 Å². The average Bonchev–Trinajstić information content (AvgIpc) is 2.94. The van der Waals surface area contributed by atoms with Crippen molar-refractivity contribution in [3.8, 4) is 5.75 Å². The van der Waals surface area contributed by atoms with Gasteiger partial charge < -0.3 is 15.4 Å². The van der Waals surface area contributed by atoms with Crippen molar-refractivity contribution in [2.45, 2.75) is 20.0 Å². The minimum atomic E-state index is -0.400. The Kier molecular flexibility index (Phi) is 4.56. The molecule has 2 amide bonds. The number of amides is 2. The van der Waals surface area contributed by atoms with Gasteiger partial charge in [0.05, 0.1) is 27.4 Å². The molecule has 0 unspecified atom stereocenters. The Balaban J connectivity index is 1.61. The second kappa shape index (κ2) is 7.05. The number of nitrogens with zero attached hydrogens (tertiary/aromatic N) is 2. The lowest BCUT2D eigenvalue weighted by Crippen LogP contribution is -2.29. The number of carbonyl (C=O) groups is 2. The van der Waals surface area contributed by atoms with Gasteiger partial charge in [-0.05, 0) is 25.1 Å². The molecule has 0 saturated carbocycles. The van der Waals surface area contributed by atoms with Crippen molar-refractivity contribution < 1.29 is 14.3 Å². The van der Waals surface area contributed by atoms with Crippen LogP contribution in [0.1, 0.15) is 6.92 Å². The number of ether oxygens (including phenoxy) is 1. The van der Waals surface area contributed by atoms with Gasteiger partial charge in [-0.15, -0.1) is 0 Å². The zero-order valence-electron chi connectivity index (χ0n) is 15.0. The number of carbonyl (C=O) groups excluding carboxylic acids is 2. The summed E-state index contributed by atoms with van der Waals surface area (Å²) in [5.74, 6) is -0.256. The van der Waals surface area contributed by atoms with Crippen LogP contribution in [-0.2, 0) is 22.7 Å². The zero-order valence-corrected chi connectivity index (χ0v) is 15.7. The van der Waals surface area contributed by atoms with Crippen LogP contribution in [0, 0.1) is 0 Å². The van der Waals surface area contributed by atoms with Crippen LogP contribution in [0.4, 0.5) is 11.4 Å². The summed E-state index contributed by atoms with van der Waals surface area (Å²) in [6.45, 7) is 2.13. The number of benzene rings is 2. The average molecular weight is 401 g/mol. The van der Waals surface area contributed by atoms with E-state index in [0.29, 0.717) is 29.2 Å². The van der Waals surface area contributed by atoms with Crippen molar-refractivity contribution in [1.82, 2.24) is 9.13 Å². The van der Waals surface area contributed by atoms with Crippen LogP contribution in [0.5, 0.6) is 5.75 Å². The molecule has 3 aromatic rings. The Morgan fingerprint density at radius 2 is 1.93 bits per heavy atom. The first-order valence-corrected chi connectivity index (χ1v) is 9.10. The fraction of sp³-hybridized carbons (Fsp3) is 0.211. The van der Waals surface area contributed by atoms with Crippen LogP contribution in [0.3, 0.4) is 0 Å². The lowest BCUT2D eigenvalue weighted by atomic mass is 10.2. The predicted octanol–water partition coefficient (Wildman–Crippen LogP) is 2.45. The summed E-state index contributed by atoms with van der Waals surface area (Å²) in [6, 6.07) is 10.4. The van der Waals surface area contributed by atoms with Crippen molar-refractivity contribution in [1.29, 1.82) is 0 Å². The fourth-order valence-electron chi connectivity index (χ4n) is 3.26. The lowest BCUT2D eigenvalue weighted by molar-refractivity contribution is -0.119. The van der Waals surface area contributed by atoms with Crippen molar-refractivity contribution in [2.75, 3.05) is 17.2 Å². The number of fused-ring (bicyclic) bond motifs is 2. The molecule has 28 heavy (non-hydrogen) atoms. The Hall–Kier alpha value is -3.26. The number of para-hydroxylation sites is 2. The highest BCUT2D eigenvalue weighted by Gasteiger charge is 2.20. The lowest BCUT2D eigenvalue weighted by Gasteiger charge is -2.19. The third kappa shape index (κ3) is 3.11. The molecule has 0 aliphatic carbocycles. The van der Waals surface area contributed by atoms with E-state index in [2.05, 4.69) is 10.6 Å². The zero-order chi connectivity index (χ0) is 19.8. The summed E-state index contributed by atoms with van der Waals surface area (Å²) < 4.78 is 8.39. The van der Waals surface area contributed by atoms with E-state index in [9.17, 15) is 14.4 Å². The topological polar surface area (TPSA) is 94.4 Å². The van der Waals surface area contributed by atoms with E-state index in [0.717, 1.165) is 5.52 Å². The summed E-state index contributed by atoms with van der Waals surface area (Å²) in [7, 11) is 0. The standard InChI is InChI=1S/C19H17ClN4O4/c1-2-23-14-5-3-4-6-15(14)24(19(23)27)9-17(25)21-12-8-16-13(7-11(12)20)22-18(26)10-28-16/h3-8H,2,9-10H2,1H3,(H,21,25)(H,22,26). The molecule has 0 fully saturated rings. The summed E-state index contributed by atoms with van der Waals surface area (Å²) in [6.07, 6.45) is 0. The smallest absolute Gasteiger partial charge is 0.329 e. The molecular weight excluding hydrogens is 384 g/mol. The first-order chi connectivity index (χ1) is 13.5. The molecule has 2 heterocycles. The monoisotopic (exact) mass is 400 g/mol. The number of hydrogen-bond donors (Lipinski definition) is 2. The molecule has 0 saturated heterocycles. The molecule has 1 aliphatic rings. The third-order valence-electron chi connectivity index (χ3n) is 4.52. The highest BCUT2D eigenvalue weighted by Crippen LogP contribution is 2.36. The molecular formula is C19H17ClN4O4. The van der Waals surface area contributed by atoms with Crippen LogP contribution >= 0.6 is 11.6 Å². The Morgan fingerprint density at radius 1 is 1.21 bits per heavy atom. The van der Waals surface area contributed by atoms with Crippen LogP contribution in [-0.4, -0.2) is 27.6 Å². The number of aromatic nitrogens is 2. The predicted molar refractivity (Wildman–Crippen MR) is 106 cm³/mol. The fourth-order valence-corrected chi connectivity index (χ4v) is 3.47. The number of anilines is 2. The van der Waals surface area contributed by atoms with Crippen LogP contribution in [0.2, 0.25) is 5.02 Å². The van der Waals surface area contributed by atoms with Gasteiger partial charge in [-0.3, -0.25) is 18.7 Å². The van der Waals surface area contributed by atoms with E-state index in [-0.39, 0.29) is 29.8 Å². The molecule has 2 N–H and O–H groups in total. The third-order valence-corrected chi connectivity index (χ3v) is 4.83. The van der Waals surface area contributed by atoms with Crippen molar-refractivity contribution in [3.05, 3.63) is 51.9 Å². The van der Waals surface area contributed by atoms with Crippen molar-refractivity contribution in [3.63, 3.8) is 0 Å². The van der Waals surface area contributed by atoms with Gasteiger partial charge in [0.1, 0.15) is 12.3 Å². The number of nitrogens with one attached hydrogen (secondary N) is 2. The Morgan fingerprint density at radius 3 is 2.64 bits per heavy atom. The largest absolute Gasteiger partial charge is 0.482 e. The molecule has 2 aromatic carbocycles. The molecule has 1 aromatic heterocycles. The second-order valence-corrected chi connectivity index (χ2v) is 6.72. The van der Waals surface area contributed by atoms with Gasteiger partial charge in [0.25, 0.3) is 5.91 Å². The van der Waals surface area contributed by atoms with E-state index in [1.807, 2.05) is 25.1 Å². The first kappa shape index (κ1) is 18.1. The van der Waals surface area contributed by atoms with Crippen LogP contribution < -0.4 is 21.1 Å². The van der Waals surface area contributed by atoms with E-state index in [4.69, 9.17) is 16.3 Å². The number of halogens is 1. The summed E-state index contributed by atoms with van der Waals surface area (Å²) >= 11 is 6.21. The van der Waals surface area contributed by atoms with Gasteiger partial charge in [0, 0.05) is 12.6 Å². The minimum Gasteiger partial charge on any atom is -0.482 e. The Bertz CT molecular complexity index is 1160. The molecule has 1 aliphatic heterocycles. The number of hydrogen-bond acceptors (Lipinski definition) is 4. The normalized spacial score (nSPS) is 13.0. The molecule has 144 valence electrons. The number of imidazole rings is 1. The molecule has 0 atom stereocenters. The van der Waals surface area contributed by atoms with Gasteiger partial charge in [-0.25, -0.2) is 4.79 Å². The maximum atomic E-state index is 12.7. The van der Waals surface area contributed by atoms with Gasteiger partial charge in [0.2, 0.25) is 5.91 Å². The maximum Gasteiger partial charge on any atom is 0.329 e. The highest BCUT2D eigenvalue weighted by molar-refractivity contribution is 6.34. The summed E-state index contributed by atoms with van der Waals surface area (Å²) in [5, 5.41) is 5.61. The quantitative estimate of drug-likeness (QED) is 0.703. The molecule has 0 spiro atoms. The van der Waals surface area contributed by atoms with E-state index in [1.54, 1.807) is 16.7 Å². The van der Waals surface area contributed by atoms with E-state index >= 15 is 0 Å². The van der Waals surface area contributed by atoms with Gasteiger partial charge in [0.15, 0.2) is 6.61 Å². The first-order valence-electron chi connectivity index (χ1n) is 8.72. The van der Waals surface area contributed by atoms with Gasteiger partial charge in [-0.1, -0.05) is 23.7 Å². The number of rotatable bonds is 4. The minimum absolute atomic E-state index is 0.103. The van der Waals surface area contributed by atoms with Gasteiger partial charge >= 0.3 is 5.69 Å². The Labute approximate surface area is 164 Å². The van der Waals surface area contributed by atoms with Crippen molar-refractivity contribution in [2.24, 2.45) is 0 Å². The summed E-state index contributed by atoms with van der Waals surface area (Å²) in [5.41, 5.74) is 2.00. The molecule has 0 radical (unpaired) electrons. The summed E-state index contributed by atoms with van der Waals surface area (Å²) in [4.78, 5) is 36.6. The SMILES string of the molecule is CCn1c(=O)n(CC(=O)Nc2cc3c(cc2Cl)NC(=O)CO3)c2ccccc21. The molecule has 0 bridgehead atoms. The van der Waals surface area contributed by atoms with Crippen LogP contribution in [0.25, 0.3) is 11.0 Å². The number of aryl methyl sites for hydroxylation is 1. The molecule has 4 rings (SSSR count).